The minimum absolute atomic E-state index is 0.0597. The van der Waals surface area contributed by atoms with Crippen LogP contribution in [0.2, 0.25) is 0 Å². The molecule has 2 aromatic rings. The average Bonchev–Trinajstić information content (AvgIpc) is 3.54. The number of nitrogens with two attached hydrogens (primary N) is 1. The molecule has 1 unspecified atom stereocenters. The number of carbonyl (C=O) groups excluding carboxylic acids is 2. The molecule has 214 valence electrons. The Bertz CT molecular complexity index is 1350. The van der Waals surface area contributed by atoms with E-state index in [2.05, 4.69) is 30.6 Å². The molecule has 2 saturated heterocycles. The van der Waals surface area contributed by atoms with Crippen molar-refractivity contribution in [2.45, 2.75) is 56.6 Å². The summed E-state index contributed by atoms with van der Waals surface area (Å²) in [6.45, 7) is 0.449. The van der Waals surface area contributed by atoms with Crippen molar-refractivity contribution >= 4 is 37.4 Å². The van der Waals surface area contributed by atoms with E-state index in [1.165, 1.54) is 10.9 Å². The lowest BCUT2D eigenvalue weighted by atomic mass is 10.2. The molecule has 2 fully saturated rings. The number of phosphoric ester groups is 1. The zero-order valence-electron chi connectivity index (χ0n) is 20.4. The van der Waals surface area contributed by atoms with Gasteiger partial charge in [0.2, 0.25) is 12.4 Å². The Morgan fingerprint density at radius 1 is 1.41 bits per heavy atom. The highest BCUT2D eigenvalue weighted by Gasteiger charge is 2.43. The smallest absolute Gasteiger partial charge is 0.394 e. The van der Waals surface area contributed by atoms with Crippen LogP contribution in [0.5, 0.6) is 0 Å². The summed E-state index contributed by atoms with van der Waals surface area (Å²) in [7, 11) is -4.76. The van der Waals surface area contributed by atoms with Gasteiger partial charge in [-0.25, -0.2) is 19.3 Å². The summed E-state index contributed by atoms with van der Waals surface area (Å²) < 4.78 is 35.4. The van der Waals surface area contributed by atoms with E-state index >= 15 is 0 Å². The molecule has 19 nitrogen and oxygen atoms in total. The highest BCUT2D eigenvalue weighted by molar-refractivity contribution is 7.47. The number of ether oxygens (including phenoxy) is 2. The molecular weight excluding hydrogens is 547 g/mol. The van der Waals surface area contributed by atoms with Gasteiger partial charge in [-0.15, -0.1) is 0 Å². The van der Waals surface area contributed by atoms with Gasteiger partial charge in [-0.3, -0.25) is 28.5 Å². The van der Waals surface area contributed by atoms with Crippen molar-refractivity contribution in [3.8, 4) is 0 Å². The highest BCUT2D eigenvalue weighted by atomic mass is 31.2. The number of aromatic nitrogens is 4. The number of H-pyrrole nitrogens is 1. The minimum Gasteiger partial charge on any atom is -0.394 e. The third-order valence-corrected chi connectivity index (χ3v) is 6.85. The molecule has 0 spiro atoms. The van der Waals surface area contributed by atoms with E-state index in [1.807, 2.05) is 0 Å². The van der Waals surface area contributed by atoms with Crippen molar-refractivity contribution < 1.29 is 47.8 Å². The Balaban J connectivity index is 1.32. The lowest BCUT2D eigenvalue weighted by molar-refractivity contribution is -0.106. The molecule has 4 rings (SSSR count). The maximum Gasteiger partial charge on any atom is 0.472 e. The number of phosphoric acid groups is 1. The molecule has 2 aliphatic heterocycles. The lowest BCUT2D eigenvalue weighted by Gasteiger charge is -2.21. The largest absolute Gasteiger partial charge is 0.472 e. The van der Waals surface area contributed by atoms with Gasteiger partial charge in [0.1, 0.15) is 36.6 Å². The van der Waals surface area contributed by atoms with E-state index < -0.39 is 75.5 Å². The van der Waals surface area contributed by atoms with Gasteiger partial charge in [-0.1, -0.05) is 0 Å². The molecule has 0 aliphatic carbocycles. The van der Waals surface area contributed by atoms with Gasteiger partial charge in [-0.2, -0.15) is 4.99 Å². The van der Waals surface area contributed by atoms with Crippen LogP contribution < -0.4 is 21.9 Å². The molecule has 2 aliphatic rings. The van der Waals surface area contributed by atoms with Crippen LogP contribution in [-0.2, 0) is 27.9 Å². The normalized spacial score (nSPS) is 28.9. The van der Waals surface area contributed by atoms with E-state index in [1.54, 1.807) is 6.92 Å². The summed E-state index contributed by atoms with van der Waals surface area (Å²) in [6.07, 6.45) is -4.84. The van der Waals surface area contributed by atoms with Crippen molar-refractivity contribution in [3.63, 3.8) is 0 Å². The molecule has 8 N–H and O–H groups in total. The number of fused-ring (bicyclic) bond motifs is 1. The second kappa shape index (κ2) is 11.8. The molecule has 4 heterocycles. The number of aliphatic hydroxyl groups is 2. The van der Waals surface area contributed by atoms with Crippen molar-refractivity contribution in [2.24, 2.45) is 10.7 Å². The summed E-state index contributed by atoms with van der Waals surface area (Å²) in [5.41, 5.74) is 5.20. The number of nitrogens with one attached hydrogen (secondary N) is 3. The van der Waals surface area contributed by atoms with Gasteiger partial charge in [-0.05, 0) is 6.92 Å². The molecule has 0 saturated carbocycles. The number of aryl methyl sites for hydroxylation is 1. The number of nitrogens with zero attached hydrogens (tertiary/aromatic N) is 4. The molecule has 0 bridgehead atoms. The Labute approximate surface area is 218 Å². The number of rotatable bonds is 9. The zero-order chi connectivity index (χ0) is 28.3. The van der Waals surface area contributed by atoms with Gasteiger partial charge < -0.3 is 40.6 Å². The maximum atomic E-state index is 12.6. The van der Waals surface area contributed by atoms with E-state index in [0.29, 0.717) is 5.82 Å². The molecule has 3 amide bonds. The van der Waals surface area contributed by atoms with Gasteiger partial charge >= 0.3 is 13.9 Å². The summed E-state index contributed by atoms with van der Waals surface area (Å²) >= 11 is 0. The Hall–Kier alpha value is -3.29. The number of guanidine groups is 1. The maximum absolute atomic E-state index is 12.6. The molecule has 39 heavy (non-hydrogen) atoms. The van der Waals surface area contributed by atoms with Gasteiger partial charge in [0.15, 0.2) is 11.2 Å². The predicted molar refractivity (Wildman–Crippen MR) is 128 cm³/mol. The number of urea groups is 1. The van der Waals surface area contributed by atoms with Crippen LogP contribution in [0.1, 0.15) is 24.9 Å². The first-order valence-electron chi connectivity index (χ1n) is 11.5. The standard InChI is InChI=1S/C19H27N8O11P/c1-8-23-16-15(17(31)24-8)21-6-27(16)14-2-9(30)12(37-14)5-35-39(33,34)38-10-3-13(36-11(10)4-28)25-19(32)26-18(20)22-7-29/h6-7,9-14,28,30H,2-5H2,1H3,(H,33,34)(H,23,24,31)(H4,20,22,25,26,29,32)/t9-,10-,11-,12-,13-,14-/m1/s1. The molecule has 0 radical (unpaired) electrons. The molecule has 2 aromatic heterocycles. The number of aliphatic imine (C=N–C) groups is 1. The van der Waals surface area contributed by atoms with Crippen LogP contribution in [0.3, 0.4) is 0 Å². The quantitative estimate of drug-likeness (QED) is 0.0703. The zero-order valence-corrected chi connectivity index (χ0v) is 21.3. The summed E-state index contributed by atoms with van der Waals surface area (Å²) in [5, 5.41) is 24.4. The summed E-state index contributed by atoms with van der Waals surface area (Å²) in [5.74, 6) is -0.114. The Morgan fingerprint density at radius 3 is 2.90 bits per heavy atom. The Morgan fingerprint density at radius 2 is 2.18 bits per heavy atom. The summed E-state index contributed by atoms with van der Waals surface area (Å²) in [6, 6.07) is -0.883. The van der Waals surface area contributed by atoms with Gasteiger partial charge in [0.05, 0.1) is 25.6 Å². The number of carbonyl (C=O) groups is 2. The monoisotopic (exact) mass is 574 g/mol. The number of imidazole rings is 1. The first kappa shape index (κ1) is 28.7. The van der Waals surface area contributed by atoms with E-state index in [-0.39, 0.29) is 30.4 Å². The fraction of sp³-hybridized carbons (Fsp3) is 0.579. The second-order valence-electron chi connectivity index (χ2n) is 8.62. The number of aliphatic hydroxyl groups excluding tert-OH is 2. The fourth-order valence-electron chi connectivity index (χ4n) is 4.12. The van der Waals surface area contributed by atoms with E-state index in [4.69, 9.17) is 24.3 Å². The molecular formula is C19H27N8O11P. The minimum atomic E-state index is -4.76. The molecule has 0 aromatic carbocycles. The summed E-state index contributed by atoms with van der Waals surface area (Å²) in [4.78, 5) is 58.4. The fourth-order valence-corrected chi connectivity index (χ4v) is 5.08. The van der Waals surface area contributed by atoms with Crippen molar-refractivity contribution in [2.75, 3.05) is 13.2 Å². The topological polar surface area (TPSA) is 275 Å². The SMILES string of the molecule is Cc1nc2c(ncn2[C@H]2C[C@@H](O)[C@@H](COP(=O)(O)O[C@@H]3C[C@H](NC(=O)NC(N)=NC=O)O[C@@H]3CO)O2)c(=O)[nH]1. The molecule has 7 atom stereocenters. The number of hydrogen-bond donors (Lipinski definition) is 7. The number of aromatic amines is 1. The van der Waals surface area contributed by atoms with Crippen LogP contribution in [0.25, 0.3) is 11.2 Å². The van der Waals surface area contributed by atoms with Crippen LogP contribution in [0.4, 0.5) is 4.79 Å². The second-order valence-corrected chi connectivity index (χ2v) is 10.0. The number of hydrogen-bond acceptors (Lipinski definition) is 12. The predicted octanol–water partition coefficient (Wildman–Crippen LogP) is -2.54. The third kappa shape index (κ3) is 6.84. The average molecular weight is 574 g/mol. The van der Waals surface area contributed by atoms with Crippen LogP contribution in [-0.4, -0.2) is 96.9 Å². The molecule has 20 heteroatoms. The van der Waals surface area contributed by atoms with Crippen LogP contribution in [0, 0.1) is 6.92 Å². The van der Waals surface area contributed by atoms with Crippen LogP contribution in [0.15, 0.2) is 16.1 Å². The van der Waals surface area contributed by atoms with Crippen molar-refractivity contribution in [1.82, 2.24) is 30.2 Å². The van der Waals surface area contributed by atoms with Crippen molar-refractivity contribution in [3.05, 3.63) is 22.5 Å². The van der Waals surface area contributed by atoms with Gasteiger partial charge in [0.25, 0.3) is 5.56 Å². The van der Waals surface area contributed by atoms with Gasteiger partial charge in [0, 0.05) is 12.8 Å². The first-order chi connectivity index (χ1) is 18.5. The van der Waals surface area contributed by atoms with Crippen molar-refractivity contribution in [1.29, 1.82) is 0 Å². The third-order valence-electron chi connectivity index (χ3n) is 5.84. The van der Waals surface area contributed by atoms with Crippen LogP contribution >= 0.6 is 7.82 Å². The highest BCUT2D eigenvalue weighted by Crippen LogP contribution is 2.48. The van der Waals surface area contributed by atoms with E-state index in [0.717, 1.165) is 0 Å². The lowest BCUT2D eigenvalue weighted by Crippen LogP contribution is -2.47. The Kier molecular flexibility index (Phi) is 8.72. The van der Waals surface area contributed by atoms with E-state index in [9.17, 15) is 34.1 Å². The first-order valence-corrected chi connectivity index (χ1v) is 13.0. The number of amides is 3.